The highest BCUT2D eigenvalue weighted by Crippen LogP contribution is 2.20. The van der Waals surface area contributed by atoms with Gasteiger partial charge in [-0.15, -0.1) is 0 Å². The lowest BCUT2D eigenvalue weighted by Crippen LogP contribution is -2.38. The van der Waals surface area contributed by atoms with Crippen molar-refractivity contribution in [3.63, 3.8) is 0 Å². The molecule has 1 unspecified atom stereocenters. The van der Waals surface area contributed by atoms with Gasteiger partial charge < -0.3 is 11.1 Å². The van der Waals surface area contributed by atoms with Crippen LogP contribution in [-0.2, 0) is 6.54 Å². The average molecular weight is 328 g/mol. The quantitative estimate of drug-likeness (QED) is 0.817. The van der Waals surface area contributed by atoms with E-state index in [-0.39, 0.29) is 11.6 Å². The van der Waals surface area contributed by atoms with E-state index in [4.69, 9.17) is 10.7 Å². The first kappa shape index (κ1) is 18.4. The molecule has 1 heterocycles. The minimum absolute atomic E-state index is 0.00994. The van der Waals surface area contributed by atoms with Gasteiger partial charge >= 0.3 is 0 Å². The fourth-order valence-electron chi connectivity index (χ4n) is 2.80. The Balaban J connectivity index is 2.54. The summed E-state index contributed by atoms with van der Waals surface area (Å²) in [4.78, 5) is 17.6. The van der Waals surface area contributed by atoms with Crippen LogP contribution in [0, 0.1) is 19.8 Å². The maximum atomic E-state index is 12.9. The summed E-state index contributed by atoms with van der Waals surface area (Å²) in [6, 6.07) is 10.0. The van der Waals surface area contributed by atoms with Crippen molar-refractivity contribution >= 4 is 0 Å². The normalized spacial score (nSPS) is 12.6. The molecule has 2 aromatic rings. The Hall–Kier alpha value is -1.98. The fourth-order valence-corrected chi connectivity index (χ4v) is 2.80. The number of nitrogens with zero attached hydrogens (tertiary/aromatic N) is 2. The maximum Gasteiger partial charge on any atom is 0.257 e. The molecule has 0 fully saturated rings. The molecule has 5 nitrogen and oxygen atoms in total. The highest BCUT2D eigenvalue weighted by molar-refractivity contribution is 5.21. The molecular formula is C19H28N4O. The smallest absolute Gasteiger partial charge is 0.257 e. The Bertz CT molecular complexity index is 722. The standard InChI is InChI=1S/C19H28N4O/c1-13(2)17(21-11-10-20)18-22-15(4)14(3)19(24)23(18)12-16-8-6-5-7-9-16/h5-9,13,17,21H,10-12,20H2,1-4H3. The van der Waals surface area contributed by atoms with E-state index in [2.05, 4.69) is 19.2 Å². The summed E-state index contributed by atoms with van der Waals surface area (Å²) in [6.45, 7) is 9.76. The predicted octanol–water partition coefficient (Wildman–Crippen LogP) is 2.15. The van der Waals surface area contributed by atoms with Gasteiger partial charge in [0.05, 0.1) is 12.6 Å². The molecule has 24 heavy (non-hydrogen) atoms. The van der Waals surface area contributed by atoms with E-state index in [1.54, 1.807) is 4.57 Å². The lowest BCUT2D eigenvalue weighted by atomic mass is 10.0. The lowest BCUT2D eigenvalue weighted by molar-refractivity contribution is 0.379. The van der Waals surface area contributed by atoms with Crippen molar-refractivity contribution in [2.24, 2.45) is 11.7 Å². The van der Waals surface area contributed by atoms with Crippen LogP contribution in [0.1, 0.15) is 42.5 Å². The predicted molar refractivity (Wildman–Crippen MR) is 98.2 cm³/mol. The van der Waals surface area contributed by atoms with Crippen LogP contribution in [0.4, 0.5) is 0 Å². The number of nitrogens with two attached hydrogens (primary N) is 1. The van der Waals surface area contributed by atoms with E-state index in [1.807, 2.05) is 44.2 Å². The minimum atomic E-state index is -0.00994. The van der Waals surface area contributed by atoms with Gasteiger partial charge in [0.25, 0.3) is 5.56 Å². The van der Waals surface area contributed by atoms with Crippen molar-refractivity contribution in [3.8, 4) is 0 Å². The largest absolute Gasteiger partial charge is 0.329 e. The van der Waals surface area contributed by atoms with Gasteiger partial charge in [0.2, 0.25) is 0 Å². The number of rotatable bonds is 7. The van der Waals surface area contributed by atoms with Crippen LogP contribution >= 0.6 is 0 Å². The molecule has 2 rings (SSSR count). The van der Waals surface area contributed by atoms with Crippen molar-refractivity contribution in [1.29, 1.82) is 0 Å². The summed E-state index contributed by atoms with van der Waals surface area (Å²) in [5.41, 5.74) is 8.26. The molecule has 0 bridgehead atoms. The Labute approximate surface area is 143 Å². The van der Waals surface area contributed by atoms with Crippen LogP contribution in [-0.4, -0.2) is 22.6 Å². The third-order valence-corrected chi connectivity index (χ3v) is 4.30. The van der Waals surface area contributed by atoms with Gasteiger partial charge in [-0.05, 0) is 25.3 Å². The van der Waals surface area contributed by atoms with Crippen LogP contribution < -0.4 is 16.6 Å². The van der Waals surface area contributed by atoms with Gasteiger partial charge in [-0.25, -0.2) is 4.98 Å². The fraction of sp³-hybridized carbons (Fsp3) is 0.474. The second-order valence-electron chi connectivity index (χ2n) is 6.52. The summed E-state index contributed by atoms with van der Waals surface area (Å²) in [5.74, 6) is 1.09. The third kappa shape index (κ3) is 4.10. The first-order chi connectivity index (χ1) is 11.5. The highest BCUT2D eigenvalue weighted by Gasteiger charge is 2.22. The molecule has 1 atom stereocenters. The van der Waals surface area contributed by atoms with Gasteiger partial charge in [0.15, 0.2) is 0 Å². The summed E-state index contributed by atoms with van der Waals surface area (Å²) in [5, 5.41) is 3.44. The third-order valence-electron chi connectivity index (χ3n) is 4.30. The number of hydrogen-bond donors (Lipinski definition) is 2. The van der Waals surface area contributed by atoms with Gasteiger partial charge in [-0.2, -0.15) is 0 Å². The van der Waals surface area contributed by atoms with Crippen molar-refractivity contribution in [3.05, 3.63) is 63.3 Å². The molecule has 0 aliphatic heterocycles. The Morgan fingerprint density at radius 1 is 1.21 bits per heavy atom. The highest BCUT2D eigenvalue weighted by atomic mass is 16.1. The number of nitrogens with one attached hydrogen (secondary N) is 1. The molecule has 130 valence electrons. The second-order valence-corrected chi connectivity index (χ2v) is 6.52. The molecule has 1 aromatic carbocycles. The Morgan fingerprint density at radius 3 is 2.46 bits per heavy atom. The summed E-state index contributed by atoms with van der Waals surface area (Å²) >= 11 is 0. The average Bonchev–Trinajstić information content (AvgIpc) is 2.57. The van der Waals surface area contributed by atoms with Crippen LogP contribution in [0.2, 0.25) is 0 Å². The number of aryl methyl sites for hydroxylation is 1. The monoisotopic (exact) mass is 328 g/mol. The van der Waals surface area contributed by atoms with Crippen molar-refractivity contribution in [2.75, 3.05) is 13.1 Å². The molecular weight excluding hydrogens is 300 g/mol. The summed E-state index contributed by atoms with van der Waals surface area (Å²) in [6.07, 6.45) is 0. The van der Waals surface area contributed by atoms with Gasteiger partial charge in [-0.1, -0.05) is 44.2 Å². The molecule has 0 aliphatic rings. The molecule has 5 heteroatoms. The second kappa shape index (κ2) is 8.22. The van der Waals surface area contributed by atoms with Gasteiger partial charge in [0.1, 0.15) is 5.82 Å². The molecule has 0 radical (unpaired) electrons. The molecule has 1 aromatic heterocycles. The number of hydrogen-bond acceptors (Lipinski definition) is 4. The summed E-state index contributed by atoms with van der Waals surface area (Å²) < 4.78 is 1.80. The topological polar surface area (TPSA) is 72.9 Å². The van der Waals surface area contributed by atoms with Crippen molar-refractivity contribution < 1.29 is 0 Å². The van der Waals surface area contributed by atoms with Crippen LogP contribution in [0.3, 0.4) is 0 Å². The molecule has 0 aliphatic carbocycles. The first-order valence-electron chi connectivity index (χ1n) is 8.51. The zero-order chi connectivity index (χ0) is 17.7. The van der Waals surface area contributed by atoms with Crippen LogP contribution in [0.5, 0.6) is 0 Å². The van der Waals surface area contributed by atoms with E-state index in [0.717, 1.165) is 17.1 Å². The Kier molecular flexibility index (Phi) is 6.29. The van der Waals surface area contributed by atoms with Gasteiger partial charge in [0, 0.05) is 24.3 Å². The lowest BCUT2D eigenvalue weighted by Gasteiger charge is -2.26. The minimum Gasteiger partial charge on any atom is -0.329 e. The molecule has 0 amide bonds. The van der Waals surface area contributed by atoms with Gasteiger partial charge in [-0.3, -0.25) is 9.36 Å². The van der Waals surface area contributed by atoms with Crippen LogP contribution in [0.25, 0.3) is 0 Å². The Morgan fingerprint density at radius 2 is 1.88 bits per heavy atom. The maximum absolute atomic E-state index is 12.9. The zero-order valence-electron chi connectivity index (χ0n) is 15.0. The number of aromatic nitrogens is 2. The van der Waals surface area contributed by atoms with Crippen LogP contribution in [0.15, 0.2) is 35.1 Å². The zero-order valence-corrected chi connectivity index (χ0v) is 15.0. The first-order valence-corrected chi connectivity index (χ1v) is 8.51. The van der Waals surface area contributed by atoms with E-state index in [9.17, 15) is 4.79 Å². The van der Waals surface area contributed by atoms with E-state index in [0.29, 0.717) is 31.1 Å². The molecule has 0 saturated carbocycles. The summed E-state index contributed by atoms with van der Waals surface area (Å²) in [7, 11) is 0. The molecule has 3 N–H and O–H groups in total. The molecule has 0 spiro atoms. The van der Waals surface area contributed by atoms with E-state index >= 15 is 0 Å². The molecule has 0 saturated heterocycles. The van der Waals surface area contributed by atoms with Crippen molar-refractivity contribution in [1.82, 2.24) is 14.9 Å². The van der Waals surface area contributed by atoms with E-state index in [1.165, 1.54) is 0 Å². The van der Waals surface area contributed by atoms with E-state index < -0.39 is 0 Å². The number of benzene rings is 1. The van der Waals surface area contributed by atoms with Crippen molar-refractivity contribution in [2.45, 2.75) is 40.3 Å². The SMILES string of the molecule is Cc1nc(C(NCCN)C(C)C)n(Cc2ccccc2)c(=O)c1C.